The van der Waals surface area contributed by atoms with E-state index in [1.54, 1.807) is 14.2 Å². The lowest BCUT2D eigenvalue weighted by atomic mass is 9.98. The first-order chi connectivity index (χ1) is 12.4. The Kier molecular flexibility index (Phi) is 6.85. The molecule has 0 saturated heterocycles. The Labute approximate surface area is 154 Å². The number of fused-ring (bicyclic) bond motifs is 1. The standard InChI is InChI=1S/C19H28N2O5/c1-5-12(2)18(19(23)24)20-17(22)11-21-7-6-13-8-15(25-3)16(26-4)9-14(13)10-21/h8-9,12,18H,5-7,10-11H2,1-4H3,(H,20,22)(H,23,24)/t12-,18-/m0/s1. The van der Waals surface area contributed by atoms with Crippen molar-refractivity contribution in [2.75, 3.05) is 27.3 Å². The Hall–Kier alpha value is -2.28. The number of carbonyl (C=O) groups excluding carboxylic acids is 1. The summed E-state index contributed by atoms with van der Waals surface area (Å²) in [6.07, 6.45) is 1.49. The molecule has 7 heteroatoms. The zero-order valence-electron chi connectivity index (χ0n) is 15.9. The van der Waals surface area contributed by atoms with Gasteiger partial charge in [0.25, 0.3) is 0 Å². The molecule has 1 amide bonds. The molecular weight excluding hydrogens is 336 g/mol. The molecular formula is C19H28N2O5. The Morgan fingerprint density at radius 3 is 2.38 bits per heavy atom. The predicted octanol–water partition coefficient (Wildman–Crippen LogP) is 1.68. The van der Waals surface area contributed by atoms with Gasteiger partial charge in [-0.1, -0.05) is 20.3 Å². The van der Waals surface area contributed by atoms with Crippen molar-refractivity contribution in [1.29, 1.82) is 0 Å². The molecule has 0 radical (unpaired) electrons. The fourth-order valence-electron chi connectivity index (χ4n) is 3.18. The zero-order chi connectivity index (χ0) is 19.3. The first-order valence-corrected chi connectivity index (χ1v) is 8.87. The van der Waals surface area contributed by atoms with Gasteiger partial charge in [-0.05, 0) is 35.6 Å². The molecule has 1 aliphatic heterocycles. The smallest absolute Gasteiger partial charge is 0.326 e. The molecule has 0 aliphatic carbocycles. The second-order valence-corrected chi connectivity index (χ2v) is 6.71. The van der Waals surface area contributed by atoms with Crippen LogP contribution in [0.1, 0.15) is 31.4 Å². The topological polar surface area (TPSA) is 88.1 Å². The quantitative estimate of drug-likeness (QED) is 0.730. The van der Waals surface area contributed by atoms with Crippen LogP contribution in [0.3, 0.4) is 0 Å². The van der Waals surface area contributed by atoms with E-state index in [-0.39, 0.29) is 18.4 Å². The van der Waals surface area contributed by atoms with E-state index < -0.39 is 12.0 Å². The molecule has 0 fully saturated rings. The van der Waals surface area contributed by atoms with E-state index >= 15 is 0 Å². The summed E-state index contributed by atoms with van der Waals surface area (Å²) in [5.41, 5.74) is 2.28. The minimum atomic E-state index is -0.992. The van der Waals surface area contributed by atoms with Gasteiger partial charge in [0.15, 0.2) is 11.5 Å². The van der Waals surface area contributed by atoms with Gasteiger partial charge in [0.1, 0.15) is 6.04 Å². The van der Waals surface area contributed by atoms with E-state index in [9.17, 15) is 14.7 Å². The molecule has 1 aromatic carbocycles. The van der Waals surface area contributed by atoms with Crippen molar-refractivity contribution in [3.63, 3.8) is 0 Å². The van der Waals surface area contributed by atoms with Crippen LogP contribution in [-0.2, 0) is 22.6 Å². The second-order valence-electron chi connectivity index (χ2n) is 6.71. The first-order valence-electron chi connectivity index (χ1n) is 8.87. The van der Waals surface area contributed by atoms with E-state index in [0.29, 0.717) is 24.5 Å². The molecule has 2 atom stereocenters. The fourth-order valence-corrected chi connectivity index (χ4v) is 3.18. The van der Waals surface area contributed by atoms with E-state index in [4.69, 9.17) is 9.47 Å². The van der Waals surface area contributed by atoms with Crippen molar-refractivity contribution in [2.45, 2.75) is 39.3 Å². The van der Waals surface area contributed by atoms with Gasteiger partial charge in [0, 0.05) is 13.1 Å². The Morgan fingerprint density at radius 1 is 1.23 bits per heavy atom. The number of nitrogens with one attached hydrogen (secondary N) is 1. The lowest BCUT2D eigenvalue weighted by Crippen LogP contribution is -2.49. The number of nitrogens with zero attached hydrogens (tertiary/aromatic N) is 1. The number of carbonyl (C=O) groups is 2. The number of hydrogen-bond acceptors (Lipinski definition) is 5. The summed E-state index contributed by atoms with van der Waals surface area (Å²) < 4.78 is 10.7. The Balaban J connectivity index is 2.02. The van der Waals surface area contributed by atoms with Crippen LogP contribution in [-0.4, -0.2) is 55.2 Å². The van der Waals surface area contributed by atoms with Crippen molar-refractivity contribution in [3.05, 3.63) is 23.3 Å². The highest BCUT2D eigenvalue weighted by molar-refractivity contribution is 5.84. The van der Waals surface area contributed by atoms with Crippen LogP contribution in [0.5, 0.6) is 11.5 Å². The number of rotatable bonds is 8. The van der Waals surface area contributed by atoms with Gasteiger partial charge in [-0.2, -0.15) is 0 Å². The van der Waals surface area contributed by atoms with Crippen LogP contribution in [0.25, 0.3) is 0 Å². The third-order valence-corrected chi connectivity index (χ3v) is 4.96. The SMILES string of the molecule is CC[C@H](C)[C@H](NC(=O)CN1CCc2cc(OC)c(OC)cc2C1)C(=O)O. The van der Waals surface area contributed by atoms with Gasteiger partial charge >= 0.3 is 5.97 Å². The summed E-state index contributed by atoms with van der Waals surface area (Å²) in [7, 11) is 3.21. The van der Waals surface area contributed by atoms with Gasteiger partial charge in [0.05, 0.1) is 20.8 Å². The summed E-state index contributed by atoms with van der Waals surface area (Å²) in [6, 6.07) is 3.07. The summed E-state index contributed by atoms with van der Waals surface area (Å²) in [5.74, 6) is 0.000894. The number of methoxy groups -OCH3 is 2. The molecule has 26 heavy (non-hydrogen) atoms. The lowest BCUT2D eigenvalue weighted by Gasteiger charge is -2.29. The normalized spacial score (nSPS) is 16.3. The molecule has 0 aromatic heterocycles. The molecule has 1 heterocycles. The van der Waals surface area contributed by atoms with Gasteiger partial charge in [-0.15, -0.1) is 0 Å². The largest absolute Gasteiger partial charge is 0.493 e. The zero-order valence-corrected chi connectivity index (χ0v) is 15.9. The van der Waals surface area contributed by atoms with Crippen LogP contribution in [0.4, 0.5) is 0 Å². The maximum absolute atomic E-state index is 12.3. The number of carboxylic acids is 1. The van der Waals surface area contributed by atoms with E-state index in [1.165, 1.54) is 5.56 Å². The van der Waals surface area contributed by atoms with Crippen molar-refractivity contribution >= 4 is 11.9 Å². The molecule has 2 N–H and O–H groups in total. The van der Waals surface area contributed by atoms with Crippen molar-refractivity contribution in [3.8, 4) is 11.5 Å². The number of benzene rings is 1. The van der Waals surface area contributed by atoms with E-state index in [2.05, 4.69) is 5.32 Å². The highest BCUT2D eigenvalue weighted by Crippen LogP contribution is 2.33. The van der Waals surface area contributed by atoms with E-state index in [0.717, 1.165) is 18.5 Å². The van der Waals surface area contributed by atoms with E-state index in [1.807, 2.05) is 30.9 Å². The number of aliphatic carboxylic acids is 1. The summed E-state index contributed by atoms with van der Waals surface area (Å²) in [5, 5.41) is 12.0. The maximum atomic E-state index is 12.3. The number of hydrogen-bond donors (Lipinski definition) is 2. The molecule has 1 aromatic rings. The van der Waals surface area contributed by atoms with Gasteiger partial charge in [0.2, 0.25) is 5.91 Å². The summed E-state index contributed by atoms with van der Waals surface area (Å²) in [6.45, 7) is 5.26. The molecule has 0 saturated carbocycles. The van der Waals surface area contributed by atoms with Crippen molar-refractivity contribution in [2.24, 2.45) is 5.92 Å². The van der Waals surface area contributed by atoms with Crippen LogP contribution in [0.15, 0.2) is 12.1 Å². The monoisotopic (exact) mass is 364 g/mol. The molecule has 2 rings (SSSR count). The van der Waals surface area contributed by atoms with Crippen LogP contribution < -0.4 is 14.8 Å². The number of ether oxygens (including phenoxy) is 2. The molecule has 0 spiro atoms. The minimum absolute atomic E-state index is 0.116. The average molecular weight is 364 g/mol. The van der Waals surface area contributed by atoms with Crippen LogP contribution in [0.2, 0.25) is 0 Å². The van der Waals surface area contributed by atoms with Crippen molar-refractivity contribution in [1.82, 2.24) is 10.2 Å². The molecule has 1 aliphatic rings. The third kappa shape index (κ3) is 4.66. The van der Waals surface area contributed by atoms with Gasteiger partial charge in [-0.3, -0.25) is 9.69 Å². The highest BCUT2D eigenvalue weighted by atomic mass is 16.5. The van der Waals surface area contributed by atoms with Gasteiger partial charge < -0.3 is 19.9 Å². The Bertz CT molecular complexity index is 662. The minimum Gasteiger partial charge on any atom is -0.493 e. The van der Waals surface area contributed by atoms with Crippen molar-refractivity contribution < 1.29 is 24.2 Å². The second kappa shape index (κ2) is 8.89. The van der Waals surface area contributed by atoms with Gasteiger partial charge in [-0.25, -0.2) is 4.79 Å². The first kappa shape index (κ1) is 20.0. The maximum Gasteiger partial charge on any atom is 0.326 e. The third-order valence-electron chi connectivity index (χ3n) is 4.96. The molecule has 0 unspecified atom stereocenters. The highest BCUT2D eigenvalue weighted by Gasteiger charge is 2.27. The molecule has 0 bridgehead atoms. The van der Waals surface area contributed by atoms with Crippen LogP contribution in [0, 0.1) is 5.92 Å². The number of amides is 1. The summed E-state index contributed by atoms with van der Waals surface area (Å²) in [4.78, 5) is 25.7. The number of carboxylic acid groups (broad SMARTS) is 1. The summed E-state index contributed by atoms with van der Waals surface area (Å²) >= 11 is 0. The average Bonchev–Trinajstić information content (AvgIpc) is 2.63. The van der Waals surface area contributed by atoms with Crippen LogP contribution >= 0.6 is 0 Å². The molecule has 7 nitrogen and oxygen atoms in total. The lowest BCUT2D eigenvalue weighted by molar-refractivity contribution is -0.143. The Morgan fingerprint density at radius 2 is 1.85 bits per heavy atom. The fraction of sp³-hybridized carbons (Fsp3) is 0.579. The predicted molar refractivity (Wildman–Crippen MR) is 97.5 cm³/mol. The molecule has 144 valence electrons.